The maximum absolute atomic E-state index is 14.1. The summed E-state index contributed by atoms with van der Waals surface area (Å²) in [6.07, 6.45) is -2.88. The van der Waals surface area contributed by atoms with Gasteiger partial charge in [-0.3, -0.25) is 9.67 Å². The van der Waals surface area contributed by atoms with Crippen LogP contribution in [0.3, 0.4) is 0 Å². The molecule has 0 N–H and O–H groups in total. The summed E-state index contributed by atoms with van der Waals surface area (Å²) in [5.74, 6) is -1.58. The predicted octanol–water partition coefficient (Wildman–Crippen LogP) is 5.37. The van der Waals surface area contributed by atoms with E-state index in [9.17, 15) is 22.0 Å². The van der Waals surface area contributed by atoms with Crippen molar-refractivity contribution < 1.29 is 22.0 Å². The number of benzene rings is 2. The molecule has 2 heterocycles. The second-order valence-electron chi connectivity index (χ2n) is 6.50. The Kier molecular flexibility index (Phi) is 4.77. The number of fused-ring (bicyclic) bond motifs is 1. The van der Waals surface area contributed by atoms with Crippen molar-refractivity contribution in [3.63, 3.8) is 0 Å². The van der Waals surface area contributed by atoms with Crippen molar-refractivity contribution in [2.24, 2.45) is 0 Å². The minimum atomic E-state index is -4.61. The SMILES string of the molecule is Fc1cccc(F)c1Cn1nc2c(C(F)(F)F)cccc2c1Cc1ccccn1. The number of alkyl halides is 3. The highest BCUT2D eigenvalue weighted by molar-refractivity contribution is 5.85. The molecule has 8 heteroatoms. The van der Waals surface area contributed by atoms with E-state index in [4.69, 9.17) is 0 Å². The summed E-state index contributed by atoms with van der Waals surface area (Å²) in [6.45, 7) is -0.341. The third-order valence-electron chi connectivity index (χ3n) is 4.63. The van der Waals surface area contributed by atoms with E-state index >= 15 is 0 Å². The third-order valence-corrected chi connectivity index (χ3v) is 4.63. The van der Waals surface area contributed by atoms with Crippen molar-refractivity contribution in [2.45, 2.75) is 19.1 Å². The summed E-state index contributed by atoms with van der Waals surface area (Å²) >= 11 is 0. The van der Waals surface area contributed by atoms with Crippen LogP contribution in [0.1, 0.15) is 22.5 Å². The van der Waals surface area contributed by atoms with Crippen LogP contribution in [0.15, 0.2) is 60.8 Å². The standard InChI is InChI=1S/C21H14F5N3/c22-17-8-4-9-18(23)15(17)12-29-19(11-13-5-1-2-10-27-13)14-6-3-7-16(20(14)28-29)21(24,25)26/h1-10H,11-12H2. The second kappa shape index (κ2) is 7.27. The van der Waals surface area contributed by atoms with Gasteiger partial charge in [0.25, 0.3) is 0 Å². The molecule has 0 radical (unpaired) electrons. The number of hydrogen-bond acceptors (Lipinski definition) is 2. The first-order valence-corrected chi connectivity index (χ1v) is 8.73. The van der Waals surface area contributed by atoms with Crippen LogP contribution in [0.4, 0.5) is 22.0 Å². The molecule has 0 aliphatic rings. The molecular formula is C21H14F5N3. The first-order valence-electron chi connectivity index (χ1n) is 8.73. The summed E-state index contributed by atoms with van der Waals surface area (Å²) in [6, 6.07) is 12.4. The lowest BCUT2D eigenvalue weighted by Gasteiger charge is -2.09. The zero-order valence-electron chi connectivity index (χ0n) is 14.9. The van der Waals surface area contributed by atoms with Gasteiger partial charge in [-0.1, -0.05) is 24.3 Å². The van der Waals surface area contributed by atoms with E-state index in [1.165, 1.54) is 22.9 Å². The normalized spacial score (nSPS) is 11.9. The van der Waals surface area contributed by atoms with E-state index in [2.05, 4.69) is 10.1 Å². The molecule has 0 aliphatic carbocycles. The monoisotopic (exact) mass is 403 g/mol. The van der Waals surface area contributed by atoms with Crippen molar-refractivity contribution in [1.29, 1.82) is 0 Å². The van der Waals surface area contributed by atoms with Gasteiger partial charge < -0.3 is 0 Å². The average Bonchev–Trinajstić information content (AvgIpc) is 3.02. The highest BCUT2D eigenvalue weighted by Gasteiger charge is 2.34. The molecule has 0 saturated carbocycles. The fourth-order valence-electron chi connectivity index (χ4n) is 3.26. The maximum Gasteiger partial charge on any atom is 0.418 e. The molecule has 0 spiro atoms. The molecule has 3 nitrogen and oxygen atoms in total. The zero-order valence-corrected chi connectivity index (χ0v) is 14.9. The lowest BCUT2D eigenvalue weighted by molar-refractivity contribution is -0.136. The zero-order chi connectivity index (χ0) is 20.6. The fraction of sp³-hybridized carbons (Fsp3) is 0.143. The largest absolute Gasteiger partial charge is 0.418 e. The quantitative estimate of drug-likeness (QED) is 0.429. The molecule has 0 fully saturated rings. The summed E-state index contributed by atoms with van der Waals surface area (Å²) in [5, 5.41) is 4.35. The molecule has 0 atom stereocenters. The van der Waals surface area contributed by atoms with E-state index in [1.54, 1.807) is 24.4 Å². The minimum absolute atomic E-state index is 0.161. The molecule has 0 unspecified atom stereocenters. The molecule has 2 aromatic carbocycles. The highest BCUT2D eigenvalue weighted by atomic mass is 19.4. The van der Waals surface area contributed by atoms with Gasteiger partial charge in [-0.05, 0) is 30.3 Å². The van der Waals surface area contributed by atoms with Gasteiger partial charge in [-0.15, -0.1) is 0 Å². The van der Waals surface area contributed by atoms with Crippen molar-refractivity contribution in [1.82, 2.24) is 14.8 Å². The summed E-state index contributed by atoms with van der Waals surface area (Å²) in [5.41, 5.74) is -0.432. The van der Waals surface area contributed by atoms with Crippen molar-refractivity contribution in [3.05, 3.63) is 94.9 Å². The van der Waals surface area contributed by atoms with Crippen LogP contribution in [0, 0.1) is 11.6 Å². The number of rotatable bonds is 4. The molecule has 0 saturated heterocycles. The topological polar surface area (TPSA) is 30.7 Å². The van der Waals surface area contributed by atoms with E-state index in [0.717, 1.165) is 18.2 Å². The van der Waals surface area contributed by atoms with Crippen LogP contribution in [-0.2, 0) is 19.1 Å². The highest BCUT2D eigenvalue weighted by Crippen LogP contribution is 2.35. The number of halogens is 5. The second-order valence-corrected chi connectivity index (χ2v) is 6.50. The minimum Gasteiger partial charge on any atom is -0.263 e. The Balaban J connectivity index is 1.91. The Morgan fingerprint density at radius 1 is 0.862 bits per heavy atom. The number of pyridine rings is 1. The van der Waals surface area contributed by atoms with E-state index in [-0.39, 0.29) is 29.4 Å². The molecule has 29 heavy (non-hydrogen) atoms. The Hall–Kier alpha value is -3.29. The molecule has 0 amide bonds. The van der Waals surface area contributed by atoms with Gasteiger partial charge in [0.05, 0.1) is 17.8 Å². The van der Waals surface area contributed by atoms with Crippen LogP contribution in [-0.4, -0.2) is 14.8 Å². The Bertz CT molecular complexity index is 1150. The van der Waals surface area contributed by atoms with Gasteiger partial charge in [-0.2, -0.15) is 18.3 Å². The average molecular weight is 403 g/mol. The molecule has 2 aromatic heterocycles. The van der Waals surface area contributed by atoms with Gasteiger partial charge in [0.15, 0.2) is 0 Å². The van der Waals surface area contributed by atoms with E-state index < -0.39 is 23.4 Å². The van der Waals surface area contributed by atoms with Crippen molar-refractivity contribution in [3.8, 4) is 0 Å². The van der Waals surface area contributed by atoms with Crippen LogP contribution in [0.25, 0.3) is 10.9 Å². The Morgan fingerprint density at radius 2 is 1.59 bits per heavy atom. The van der Waals surface area contributed by atoms with Crippen molar-refractivity contribution >= 4 is 10.9 Å². The smallest absolute Gasteiger partial charge is 0.263 e. The lowest BCUT2D eigenvalue weighted by Crippen LogP contribution is -2.10. The lowest BCUT2D eigenvalue weighted by atomic mass is 10.1. The van der Waals surface area contributed by atoms with E-state index in [0.29, 0.717) is 11.4 Å². The number of aromatic nitrogens is 3. The van der Waals surface area contributed by atoms with Gasteiger partial charge in [0, 0.05) is 29.3 Å². The summed E-state index contributed by atoms with van der Waals surface area (Å²) in [4.78, 5) is 4.20. The summed E-state index contributed by atoms with van der Waals surface area (Å²) in [7, 11) is 0. The van der Waals surface area contributed by atoms with Crippen LogP contribution in [0.2, 0.25) is 0 Å². The molecule has 4 aromatic rings. The molecule has 4 rings (SSSR count). The van der Waals surface area contributed by atoms with Gasteiger partial charge in [-0.25, -0.2) is 8.78 Å². The van der Waals surface area contributed by atoms with E-state index in [1.807, 2.05) is 0 Å². The first-order chi connectivity index (χ1) is 13.8. The first kappa shape index (κ1) is 19.0. The molecule has 0 bridgehead atoms. The molecule has 148 valence electrons. The summed E-state index contributed by atoms with van der Waals surface area (Å²) < 4.78 is 69.9. The molecule has 0 aliphatic heterocycles. The maximum atomic E-state index is 14.1. The number of hydrogen-bond donors (Lipinski definition) is 0. The van der Waals surface area contributed by atoms with Crippen molar-refractivity contribution in [2.75, 3.05) is 0 Å². The van der Waals surface area contributed by atoms with Crippen LogP contribution >= 0.6 is 0 Å². The third kappa shape index (κ3) is 3.70. The Labute approximate surface area is 162 Å². The molecular weight excluding hydrogens is 389 g/mol. The predicted molar refractivity (Wildman–Crippen MR) is 97.2 cm³/mol. The Morgan fingerprint density at radius 3 is 2.24 bits per heavy atom. The van der Waals surface area contributed by atoms with Crippen LogP contribution < -0.4 is 0 Å². The van der Waals surface area contributed by atoms with Gasteiger partial charge in [0.2, 0.25) is 0 Å². The van der Waals surface area contributed by atoms with Gasteiger partial charge in [0.1, 0.15) is 17.2 Å². The fourth-order valence-corrected chi connectivity index (χ4v) is 3.26. The van der Waals surface area contributed by atoms with Gasteiger partial charge >= 0.3 is 6.18 Å². The number of nitrogens with zero attached hydrogens (tertiary/aromatic N) is 3. The van der Waals surface area contributed by atoms with Crippen LogP contribution in [0.5, 0.6) is 0 Å².